The van der Waals surface area contributed by atoms with Crippen LogP contribution in [-0.2, 0) is 6.42 Å². The molecule has 1 rings (SSSR count). The second-order valence-corrected chi connectivity index (χ2v) is 2.57. The topological polar surface area (TPSA) is 0 Å². The van der Waals surface area contributed by atoms with Gasteiger partial charge in [0.25, 0.3) is 0 Å². The fourth-order valence-corrected chi connectivity index (χ4v) is 1.00. The van der Waals surface area contributed by atoms with Gasteiger partial charge in [0.05, 0.1) is 0 Å². The van der Waals surface area contributed by atoms with Crippen LogP contribution in [0.3, 0.4) is 0 Å². The van der Waals surface area contributed by atoms with Crippen LogP contribution in [0.25, 0.3) is 0 Å². The Kier molecular flexibility index (Phi) is 3.46. The van der Waals surface area contributed by atoms with Crippen molar-refractivity contribution < 1.29 is 0 Å². The highest BCUT2D eigenvalue weighted by molar-refractivity contribution is 5.17. The highest BCUT2D eigenvalue weighted by Gasteiger charge is 1.83. The van der Waals surface area contributed by atoms with E-state index in [-0.39, 0.29) is 0 Å². The molecule has 0 saturated heterocycles. The molecule has 1 aromatic carbocycles. The smallest absolute Gasteiger partial charge is 0.00975 e. The molecule has 0 aliphatic rings. The molecule has 11 heavy (non-hydrogen) atoms. The van der Waals surface area contributed by atoms with Gasteiger partial charge < -0.3 is 0 Å². The minimum atomic E-state index is 1.06. The van der Waals surface area contributed by atoms with Crippen molar-refractivity contribution in [3.05, 3.63) is 48.0 Å². The molecule has 0 nitrogen and oxygen atoms in total. The van der Waals surface area contributed by atoms with Gasteiger partial charge in [-0.05, 0) is 18.4 Å². The van der Waals surface area contributed by atoms with Crippen LogP contribution in [0, 0.1) is 0 Å². The van der Waals surface area contributed by atoms with Crippen LogP contribution in [0.1, 0.15) is 18.9 Å². The molecule has 0 aliphatic carbocycles. The van der Waals surface area contributed by atoms with Gasteiger partial charge in [-0.2, -0.15) is 0 Å². The lowest BCUT2D eigenvalue weighted by Gasteiger charge is -1.92. The van der Waals surface area contributed by atoms with Gasteiger partial charge in [0.2, 0.25) is 0 Å². The molecule has 0 aromatic heterocycles. The molecule has 0 radical (unpaired) electrons. The maximum Gasteiger partial charge on any atom is -0.00975 e. The van der Waals surface area contributed by atoms with Gasteiger partial charge in [-0.3, -0.25) is 0 Å². The zero-order valence-corrected chi connectivity index (χ0v) is 6.96. The summed E-state index contributed by atoms with van der Waals surface area (Å²) in [5.41, 5.74) is 1.39. The fourth-order valence-electron chi connectivity index (χ4n) is 1.00. The van der Waals surface area contributed by atoms with Crippen LogP contribution in [0.4, 0.5) is 0 Å². The Morgan fingerprint density at radius 1 is 1.09 bits per heavy atom. The molecular formula is C11H14. The van der Waals surface area contributed by atoms with E-state index < -0.39 is 0 Å². The second-order valence-electron chi connectivity index (χ2n) is 2.57. The molecule has 0 unspecified atom stereocenters. The normalized spacial score (nSPS) is 10.6. The lowest BCUT2D eigenvalue weighted by Crippen LogP contribution is -1.77. The maximum absolute atomic E-state index is 2.22. The number of allylic oxidation sites excluding steroid dienone is 2. The fraction of sp³-hybridized carbons (Fsp3) is 0.273. The Morgan fingerprint density at radius 3 is 2.45 bits per heavy atom. The van der Waals surface area contributed by atoms with Gasteiger partial charge in [-0.1, -0.05) is 49.4 Å². The average Bonchev–Trinajstić information content (AvgIpc) is 2.07. The van der Waals surface area contributed by atoms with Crippen LogP contribution in [0.2, 0.25) is 0 Å². The number of rotatable bonds is 3. The molecule has 58 valence electrons. The van der Waals surface area contributed by atoms with E-state index in [1.165, 1.54) is 5.56 Å². The highest BCUT2D eigenvalue weighted by atomic mass is 13.9. The third-order valence-corrected chi connectivity index (χ3v) is 1.60. The summed E-state index contributed by atoms with van der Waals surface area (Å²) in [6.45, 7) is 2.15. The van der Waals surface area contributed by atoms with Crippen molar-refractivity contribution in [3.8, 4) is 0 Å². The van der Waals surface area contributed by atoms with Crippen molar-refractivity contribution in [1.82, 2.24) is 0 Å². The predicted octanol–water partition coefficient (Wildman–Crippen LogP) is 3.20. The van der Waals surface area contributed by atoms with Crippen molar-refractivity contribution in [2.75, 3.05) is 0 Å². The van der Waals surface area contributed by atoms with Crippen LogP contribution < -0.4 is 0 Å². The molecule has 0 spiro atoms. The number of hydrogen-bond donors (Lipinski definition) is 0. The third-order valence-electron chi connectivity index (χ3n) is 1.60. The van der Waals surface area contributed by atoms with E-state index in [0.29, 0.717) is 0 Å². The zero-order chi connectivity index (χ0) is 7.94. The van der Waals surface area contributed by atoms with Gasteiger partial charge in [-0.15, -0.1) is 0 Å². The number of benzene rings is 1. The van der Waals surface area contributed by atoms with Crippen molar-refractivity contribution >= 4 is 0 Å². The van der Waals surface area contributed by atoms with E-state index >= 15 is 0 Å². The molecule has 0 saturated carbocycles. The second kappa shape index (κ2) is 4.73. The van der Waals surface area contributed by atoms with Crippen LogP contribution in [0.15, 0.2) is 42.5 Å². The van der Waals surface area contributed by atoms with E-state index in [1.54, 1.807) is 0 Å². The summed E-state index contributed by atoms with van der Waals surface area (Å²) in [7, 11) is 0. The zero-order valence-electron chi connectivity index (χ0n) is 6.96. The van der Waals surface area contributed by atoms with Crippen molar-refractivity contribution in [2.45, 2.75) is 19.8 Å². The van der Waals surface area contributed by atoms with E-state index in [9.17, 15) is 0 Å². The van der Waals surface area contributed by atoms with Crippen molar-refractivity contribution in [1.29, 1.82) is 0 Å². The van der Waals surface area contributed by atoms with E-state index in [2.05, 4.69) is 43.3 Å². The van der Waals surface area contributed by atoms with E-state index in [1.807, 2.05) is 6.07 Å². The summed E-state index contributed by atoms with van der Waals surface area (Å²) < 4.78 is 0. The first-order valence-electron chi connectivity index (χ1n) is 4.12. The summed E-state index contributed by atoms with van der Waals surface area (Å²) in [5.74, 6) is 0. The summed E-state index contributed by atoms with van der Waals surface area (Å²) in [6, 6.07) is 10.5. The van der Waals surface area contributed by atoms with Crippen LogP contribution >= 0.6 is 0 Å². The van der Waals surface area contributed by atoms with Gasteiger partial charge >= 0.3 is 0 Å². The van der Waals surface area contributed by atoms with Crippen LogP contribution in [-0.4, -0.2) is 0 Å². The Hall–Kier alpha value is -1.04. The molecule has 0 heteroatoms. The van der Waals surface area contributed by atoms with E-state index in [4.69, 9.17) is 0 Å². The molecular weight excluding hydrogens is 132 g/mol. The Labute approximate surface area is 68.6 Å². The first-order chi connectivity index (χ1) is 5.43. The summed E-state index contributed by atoms with van der Waals surface area (Å²) in [5, 5.41) is 0. The third kappa shape index (κ3) is 3.03. The van der Waals surface area contributed by atoms with Gasteiger partial charge in [0, 0.05) is 0 Å². The SMILES string of the molecule is CC/C=C/Cc1ccccc1. The van der Waals surface area contributed by atoms with Gasteiger partial charge in [-0.25, -0.2) is 0 Å². The lowest BCUT2D eigenvalue weighted by atomic mass is 10.1. The predicted molar refractivity (Wildman–Crippen MR) is 49.6 cm³/mol. The molecule has 0 amide bonds. The molecule has 1 aromatic rings. The first-order valence-corrected chi connectivity index (χ1v) is 4.12. The minimum absolute atomic E-state index is 1.06. The Bertz CT molecular complexity index is 209. The summed E-state index contributed by atoms with van der Waals surface area (Å²) in [6.07, 6.45) is 6.61. The summed E-state index contributed by atoms with van der Waals surface area (Å²) in [4.78, 5) is 0. The van der Waals surface area contributed by atoms with Gasteiger partial charge in [0.15, 0.2) is 0 Å². The van der Waals surface area contributed by atoms with Crippen molar-refractivity contribution in [3.63, 3.8) is 0 Å². The van der Waals surface area contributed by atoms with Crippen molar-refractivity contribution in [2.24, 2.45) is 0 Å². The Balaban J connectivity index is 2.45. The molecule has 0 aliphatic heterocycles. The molecule has 0 heterocycles. The monoisotopic (exact) mass is 146 g/mol. The quantitative estimate of drug-likeness (QED) is 0.574. The first kappa shape index (κ1) is 8.06. The Morgan fingerprint density at radius 2 is 1.82 bits per heavy atom. The molecule has 0 fully saturated rings. The molecule has 0 atom stereocenters. The average molecular weight is 146 g/mol. The van der Waals surface area contributed by atoms with E-state index in [0.717, 1.165) is 12.8 Å². The summed E-state index contributed by atoms with van der Waals surface area (Å²) >= 11 is 0. The largest absolute Gasteiger partial charge is 0.0885 e. The standard InChI is InChI=1S/C11H14/c1-2-3-5-8-11-9-6-4-7-10-11/h3-7,9-10H,2,8H2,1H3/b5-3+. The minimum Gasteiger partial charge on any atom is -0.0885 e. The molecule has 0 bridgehead atoms. The van der Waals surface area contributed by atoms with Gasteiger partial charge in [0.1, 0.15) is 0 Å². The molecule has 0 N–H and O–H groups in total. The maximum atomic E-state index is 2.22. The van der Waals surface area contributed by atoms with Crippen LogP contribution in [0.5, 0.6) is 0 Å². The lowest BCUT2D eigenvalue weighted by molar-refractivity contribution is 1.18. The number of hydrogen-bond acceptors (Lipinski definition) is 0. The highest BCUT2D eigenvalue weighted by Crippen LogP contribution is 1.99.